The number of carbonyl (C=O) groups is 1. The van der Waals surface area contributed by atoms with Crippen LogP contribution in [0.2, 0.25) is 5.02 Å². The second-order valence-electron chi connectivity index (χ2n) is 5.84. The van der Waals surface area contributed by atoms with Gasteiger partial charge in [-0.25, -0.2) is 0 Å². The summed E-state index contributed by atoms with van der Waals surface area (Å²) in [5.74, 6) is 0.0876. The van der Waals surface area contributed by atoms with Gasteiger partial charge in [-0.1, -0.05) is 17.7 Å². The molecular weight excluding hydrogens is 354 g/mol. The van der Waals surface area contributed by atoms with Crippen molar-refractivity contribution in [2.45, 2.75) is 6.92 Å². The number of phenolic OH excluding ortho intramolecular Hbond substituents is 1. The normalized spacial score (nSPS) is 10.6. The van der Waals surface area contributed by atoms with Crippen LogP contribution in [0.5, 0.6) is 11.5 Å². The molecule has 0 bridgehead atoms. The monoisotopic (exact) mass is 371 g/mol. The van der Waals surface area contributed by atoms with Crippen LogP contribution in [0.1, 0.15) is 16.1 Å². The highest BCUT2D eigenvalue weighted by Crippen LogP contribution is 2.31. The van der Waals surface area contributed by atoms with Crippen molar-refractivity contribution in [1.29, 1.82) is 0 Å². The van der Waals surface area contributed by atoms with Gasteiger partial charge in [-0.15, -0.1) is 0 Å². The fourth-order valence-electron chi connectivity index (χ4n) is 2.59. The summed E-state index contributed by atoms with van der Waals surface area (Å²) in [7, 11) is 3.17. The molecule has 0 unspecified atom stereocenters. The number of aromatic hydroxyl groups is 1. The number of anilines is 1. The Kier molecular flexibility index (Phi) is 4.86. The number of rotatable bonds is 4. The molecule has 0 spiro atoms. The smallest absolute Gasteiger partial charge is 0.273 e. The average Bonchev–Trinajstić information content (AvgIpc) is 3.00. The summed E-state index contributed by atoms with van der Waals surface area (Å²) in [5.41, 5.74) is 3.18. The second-order valence-corrected chi connectivity index (χ2v) is 6.27. The first-order chi connectivity index (χ1) is 12.4. The molecule has 0 fully saturated rings. The molecule has 0 atom stereocenters. The first-order valence-electron chi connectivity index (χ1n) is 7.88. The van der Waals surface area contributed by atoms with Crippen molar-refractivity contribution in [3.63, 3.8) is 0 Å². The van der Waals surface area contributed by atoms with Gasteiger partial charge in [0, 0.05) is 23.3 Å². The van der Waals surface area contributed by atoms with E-state index in [2.05, 4.69) is 10.4 Å². The third kappa shape index (κ3) is 3.50. The van der Waals surface area contributed by atoms with E-state index in [0.29, 0.717) is 33.4 Å². The Bertz CT molecular complexity index is 982. The predicted octanol–water partition coefficient (Wildman–Crippen LogP) is 4.02. The summed E-state index contributed by atoms with van der Waals surface area (Å²) in [5, 5.41) is 17.7. The number of benzene rings is 2. The van der Waals surface area contributed by atoms with Crippen molar-refractivity contribution in [2.24, 2.45) is 7.05 Å². The standard InChI is InChI=1S/C19H18ClN3O3/c1-11-4-6-13(20)9-14(11)21-19(25)16-10-15(22-23(16)2)12-5-7-18(26-3)17(24)8-12/h4-10,24H,1-3H3,(H,21,25). The van der Waals surface area contributed by atoms with Gasteiger partial charge in [0.05, 0.1) is 12.8 Å². The first kappa shape index (κ1) is 17.8. The van der Waals surface area contributed by atoms with E-state index in [4.69, 9.17) is 16.3 Å². The Morgan fingerprint density at radius 1 is 1.23 bits per heavy atom. The Labute approximate surface area is 156 Å². The maximum Gasteiger partial charge on any atom is 0.273 e. The summed E-state index contributed by atoms with van der Waals surface area (Å²) < 4.78 is 6.53. The zero-order chi connectivity index (χ0) is 18.8. The molecule has 0 aliphatic rings. The fourth-order valence-corrected chi connectivity index (χ4v) is 2.76. The molecule has 0 saturated carbocycles. The van der Waals surface area contributed by atoms with Crippen LogP contribution in [0.15, 0.2) is 42.5 Å². The Hall–Kier alpha value is -2.99. The molecule has 134 valence electrons. The molecule has 0 aliphatic carbocycles. The van der Waals surface area contributed by atoms with Crippen molar-refractivity contribution < 1.29 is 14.6 Å². The molecule has 1 amide bonds. The molecule has 0 saturated heterocycles. The van der Waals surface area contributed by atoms with Crippen LogP contribution in [0.3, 0.4) is 0 Å². The fraction of sp³-hybridized carbons (Fsp3) is 0.158. The van der Waals surface area contributed by atoms with Gasteiger partial charge in [-0.2, -0.15) is 5.10 Å². The van der Waals surface area contributed by atoms with Gasteiger partial charge in [0.15, 0.2) is 11.5 Å². The number of amides is 1. The summed E-state index contributed by atoms with van der Waals surface area (Å²) in [6, 6.07) is 11.9. The lowest BCUT2D eigenvalue weighted by Gasteiger charge is -2.08. The van der Waals surface area contributed by atoms with Crippen LogP contribution in [0.25, 0.3) is 11.3 Å². The number of hydrogen-bond donors (Lipinski definition) is 2. The summed E-state index contributed by atoms with van der Waals surface area (Å²) >= 11 is 6.00. The van der Waals surface area contributed by atoms with E-state index in [0.717, 1.165) is 5.56 Å². The molecule has 3 rings (SSSR count). The minimum Gasteiger partial charge on any atom is -0.504 e. The van der Waals surface area contributed by atoms with Crippen molar-refractivity contribution in [3.8, 4) is 22.8 Å². The number of halogens is 1. The number of methoxy groups -OCH3 is 1. The molecule has 26 heavy (non-hydrogen) atoms. The highest BCUT2D eigenvalue weighted by Gasteiger charge is 2.16. The van der Waals surface area contributed by atoms with Crippen LogP contribution >= 0.6 is 11.6 Å². The van der Waals surface area contributed by atoms with Gasteiger partial charge in [-0.05, 0) is 48.9 Å². The number of aryl methyl sites for hydroxylation is 2. The van der Waals surface area contributed by atoms with E-state index >= 15 is 0 Å². The molecule has 1 aromatic heterocycles. The van der Waals surface area contributed by atoms with E-state index in [9.17, 15) is 9.90 Å². The number of ether oxygens (including phenoxy) is 1. The minimum atomic E-state index is -0.297. The molecule has 7 heteroatoms. The second kappa shape index (κ2) is 7.09. The van der Waals surface area contributed by atoms with Gasteiger partial charge in [0.2, 0.25) is 0 Å². The summed E-state index contributed by atoms with van der Waals surface area (Å²) in [6.07, 6.45) is 0. The highest BCUT2D eigenvalue weighted by molar-refractivity contribution is 6.31. The third-order valence-electron chi connectivity index (χ3n) is 4.03. The van der Waals surface area contributed by atoms with E-state index < -0.39 is 0 Å². The average molecular weight is 372 g/mol. The molecule has 6 nitrogen and oxygen atoms in total. The van der Waals surface area contributed by atoms with Crippen molar-refractivity contribution in [1.82, 2.24) is 9.78 Å². The van der Waals surface area contributed by atoms with E-state index in [1.165, 1.54) is 11.8 Å². The Morgan fingerprint density at radius 3 is 2.69 bits per heavy atom. The topological polar surface area (TPSA) is 76.4 Å². The van der Waals surface area contributed by atoms with Crippen LogP contribution in [0.4, 0.5) is 5.69 Å². The number of nitrogens with one attached hydrogen (secondary N) is 1. The van der Waals surface area contributed by atoms with Crippen LogP contribution < -0.4 is 10.1 Å². The zero-order valence-electron chi connectivity index (χ0n) is 14.6. The van der Waals surface area contributed by atoms with Gasteiger partial charge in [0.25, 0.3) is 5.91 Å². The van der Waals surface area contributed by atoms with Crippen LogP contribution in [-0.4, -0.2) is 27.9 Å². The number of phenols is 1. The van der Waals surface area contributed by atoms with Gasteiger partial charge >= 0.3 is 0 Å². The molecule has 3 aromatic rings. The molecule has 2 N–H and O–H groups in total. The minimum absolute atomic E-state index is 0.0104. The quantitative estimate of drug-likeness (QED) is 0.726. The Morgan fingerprint density at radius 2 is 2.00 bits per heavy atom. The van der Waals surface area contributed by atoms with Gasteiger partial charge < -0.3 is 15.2 Å². The SMILES string of the molecule is COc1ccc(-c2cc(C(=O)Nc3cc(Cl)ccc3C)n(C)n2)cc1O. The molecular formula is C19H18ClN3O3. The van der Waals surface area contributed by atoms with Gasteiger partial charge in [-0.3, -0.25) is 9.48 Å². The van der Waals surface area contributed by atoms with Crippen LogP contribution in [0, 0.1) is 6.92 Å². The highest BCUT2D eigenvalue weighted by atomic mass is 35.5. The lowest BCUT2D eigenvalue weighted by molar-refractivity contribution is 0.101. The predicted molar refractivity (Wildman–Crippen MR) is 101 cm³/mol. The number of nitrogens with zero attached hydrogens (tertiary/aromatic N) is 2. The van der Waals surface area contributed by atoms with Crippen molar-refractivity contribution in [3.05, 3.63) is 58.7 Å². The number of aromatic nitrogens is 2. The van der Waals surface area contributed by atoms with E-state index in [1.807, 2.05) is 13.0 Å². The lowest BCUT2D eigenvalue weighted by Crippen LogP contribution is -2.16. The van der Waals surface area contributed by atoms with Crippen LogP contribution in [-0.2, 0) is 7.05 Å². The molecule has 1 heterocycles. The molecule has 0 aliphatic heterocycles. The first-order valence-corrected chi connectivity index (χ1v) is 8.25. The largest absolute Gasteiger partial charge is 0.504 e. The van der Waals surface area contributed by atoms with Crippen molar-refractivity contribution >= 4 is 23.2 Å². The maximum atomic E-state index is 12.6. The maximum absolute atomic E-state index is 12.6. The number of carbonyl (C=O) groups excluding carboxylic acids is 1. The summed E-state index contributed by atoms with van der Waals surface area (Å²) in [4.78, 5) is 12.6. The molecule has 2 aromatic carbocycles. The van der Waals surface area contributed by atoms with E-state index in [1.54, 1.807) is 43.4 Å². The summed E-state index contributed by atoms with van der Waals surface area (Å²) in [6.45, 7) is 1.89. The zero-order valence-corrected chi connectivity index (χ0v) is 15.3. The van der Waals surface area contributed by atoms with Crippen molar-refractivity contribution in [2.75, 3.05) is 12.4 Å². The van der Waals surface area contributed by atoms with E-state index in [-0.39, 0.29) is 11.7 Å². The number of hydrogen-bond acceptors (Lipinski definition) is 4. The van der Waals surface area contributed by atoms with Gasteiger partial charge in [0.1, 0.15) is 5.69 Å². The Balaban J connectivity index is 1.89. The third-order valence-corrected chi connectivity index (χ3v) is 4.27. The lowest BCUT2D eigenvalue weighted by atomic mass is 10.1. The molecule has 0 radical (unpaired) electrons.